The van der Waals surface area contributed by atoms with E-state index in [0.29, 0.717) is 12.8 Å². The normalized spacial score (nSPS) is 19.0. The predicted octanol–water partition coefficient (Wildman–Crippen LogP) is 2.74. The molecule has 116 valence electrons. The lowest BCUT2D eigenvalue weighted by atomic mass is 9.93. The maximum Gasteiger partial charge on any atom is 0.223 e. The summed E-state index contributed by atoms with van der Waals surface area (Å²) in [7, 11) is 0. The monoisotopic (exact) mass is 291 g/mol. The lowest BCUT2D eigenvalue weighted by molar-refractivity contribution is -0.133. The van der Waals surface area contributed by atoms with Gasteiger partial charge in [0.15, 0.2) is 0 Å². The van der Waals surface area contributed by atoms with Gasteiger partial charge in [0.25, 0.3) is 0 Å². The molecule has 0 spiro atoms. The molecular weight excluding hydrogens is 266 g/mol. The molecule has 1 N–H and O–H groups in total. The molecule has 0 aliphatic carbocycles. The van der Waals surface area contributed by atoms with Crippen LogP contribution in [0.5, 0.6) is 0 Å². The van der Waals surface area contributed by atoms with E-state index in [0.717, 1.165) is 30.9 Å². The third kappa shape index (κ3) is 3.71. The Hall–Kier alpha value is -1.65. The number of nitrogens with one attached hydrogen (secondary N) is 1. The Morgan fingerprint density at radius 2 is 2.10 bits per heavy atom. The first-order chi connectivity index (χ1) is 9.79. The second-order valence-corrected chi connectivity index (χ2v) is 6.88. The molecule has 1 aromatic heterocycles. The van der Waals surface area contributed by atoms with Crippen molar-refractivity contribution in [3.8, 4) is 0 Å². The third-order valence-corrected chi connectivity index (χ3v) is 3.98. The van der Waals surface area contributed by atoms with Crippen molar-refractivity contribution >= 4 is 11.7 Å². The van der Waals surface area contributed by atoms with Gasteiger partial charge in [-0.1, -0.05) is 20.8 Å². The largest absolute Gasteiger partial charge is 0.344 e. The molecule has 0 aromatic carbocycles. The highest BCUT2D eigenvalue weighted by atomic mass is 16.2. The van der Waals surface area contributed by atoms with Crippen molar-refractivity contribution < 1.29 is 9.59 Å². The Morgan fingerprint density at radius 3 is 2.67 bits per heavy atom. The summed E-state index contributed by atoms with van der Waals surface area (Å²) in [5.74, 6) is 0.988. The molecule has 0 saturated carbocycles. The minimum atomic E-state index is 0.0212. The molecule has 5 heteroatoms. The number of aromatic nitrogens is 2. The highest BCUT2D eigenvalue weighted by Gasteiger charge is 2.32. The van der Waals surface area contributed by atoms with Crippen molar-refractivity contribution in [3.05, 3.63) is 17.7 Å². The molecule has 1 amide bonds. The van der Waals surface area contributed by atoms with Gasteiger partial charge in [0.1, 0.15) is 11.6 Å². The van der Waals surface area contributed by atoms with Gasteiger partial charge in [-0.25, -0.2) is 4.98 Å². The maximum absolute atomic E-state index is 12.3. The second kappa shape index (κ2) is 6.00. The molecule has 2 heterocycles. The molecule has 2 rings (SSSR count). The van der Waals surface area contributed by atoms with Gasteiger partial charge < -0.3 is 14.7 Å². The van der Waals surface area contributed by atoms with Gasteiger partial charge in [-0.3, -0.25) is 4.79 Å². The van der Waals surface area contributed by atoms with E-state index in [1.165, 1.54) is 6.92 Å². The Balaban J connectivity index is 2.09. The van der Waals surface area contributed by atoms with Crippen molar-refractivity contribution in [1.29, 1.82) is 0 Å². The quantitative estimate of drug-likeness (QED) is 0.927. The highest BCUT2D eigenvalue weighted by Crippen LogP contribution is 2.32. The van der Waals surface area contributed by atoms with Crippen LogP contribution in [0.1, 0.15) is 70.9 Å². The number of carbonyl (C=O) groups excluding carboxylic acids is 2. The van der Waals surface area contributed by atoms with Crippen LogP contribution in [0.4, 0.5) is 0 Å². The third-order valence-electron chi connectivity index (χ3n) is 3.98. The fourth-order valence-corrected chi connectivity index (χ4v) is 2.66. The zero-order chi connectivity index (χ0) is 15.6. The van der Waals surface area contributed by atoms with Gasteiger partial charge in [-0.2, -0.15) is 0 Å². The number of H-pyrrole nitrogens is 1. The number of likely N-dealkylation sites (tertiary alicyclic amines) is 1. The summed E-state index contributed by atoms with van der Waals surface area (Å²) in [5.41, 5.74) is 1.10. The number of ketones is 1. The molecule has 1 fully saturated rings. The van der Waals surface area contributed by atoms with E-state index in [2.05, 4.69) is 30.7 Å². The number of amides is 1. The molecule has 1 aliphatic heterocycles. The first-order valence-corrected chi connectivity index (χ1v) is 7.63. The number of hydrogen-bond donors (Lipinski definition) is 1. The van der Waals surface area contributed by atoms with Gasteiger partial charge in [0, 0.05) is 36.7 Å². The topological polar surface area (TPSA) is 66.1 Å². The van der Waals surface area contributed by atoms with Crippen LogP contribution in [0.3, 0.4) is 0 Å². The zero-order valence-electron chi connectivity index (χ0n) is 13.4. The fraction of sp³-hybridized carbons (Fsp3) is 0.688. The van der Waals surface area contributed by atoms with E-state index in [-0.39, 0.29) is 23.1 Å². The van der Waals surface area contributed by atoms with E-state index < -0.39 is 0 Å². The van der Waals surface area contributed by atoms with Crippen LogP contribution in [-0.2, 0) is 15.0 Å². The molecular formula is C16H25N3O2. The highest BCUT2D eigenvalue weighted by molar-refractivity contribution is 5.83. The second-order valence-electron chi connectivity index (χ2n) is 6.88. The standard InChI is InChI=1S/C16H25N3O2/c1-11(20)7-8-14(21)19-9-5-6-12(19)15-17-10-13(18-15)16(2,3)4/h10,12H,5-9H2,1-4H3,(H,17,18). The van der Waals surface area contributed by atoms with E-state index in [1.807, 2.05) is 11.1 Å². The lowest BCUT2D eigenvalue weighted by Crippen LogP contribution is -2.31. The van der Waals surface area contributed by atoms with Crippen molar-refractivity contribution in [3.63, 3.8) is 0 Å². The van der Waals surface area contributed by atoms with Crippen LogP contribution in [0.25, 0.3) is 0 Å². The van der Waals surface area contributed by atoms with E-state index in [1.54, 1.807) is 0 Å². The van der Waals surface area contributed by atoms with Crippen LogP contribution in [0.2, 0.25) is 0 Å². The van der Waals surface area contributed by atoms with Crippen LogP contribution in [0.15, 0.2) is 6.20 Å². The predicted molar refractivity (Wildman–Crippen MR) is 80.9 cm³/mol. The van der Waals surface area contributed by atoms with Crippen LogP contribution < -0.4 is 0 Å². The summed E-state index contributed by atoms with van der Waals surface area (Å²) in [4.78, 5) is 33.0. The molecule has 21 heavy (non-hydrogen) atoms. The van der Waals surface area contributed by atoms with Gasteiger partial charge >= 0.3 is 0 Å². The van der Waals surface area contributed by atoms with Gasteiger partial charge in [0.2, 0.25) is 5.91 Å². The Labute approximate surface area is 126 Å². The minimum absolute atomic E-state index is 0.0212. The molecule has 1 saturated heterocycles. The summed E-state index contributed by atoms with van der Waals surface area (Å²) in [6.45, 7) is 8.68. The maximum atomic E-state index is 12.3. The lowest BCUT2D eigenvalue weighted by Gasteiger charge is -2.23. The molecule has 1 atom stereocenters. The summed E-state index contributed by atoms with van der Waals surface area (Å²) < 4.78 is 0. The average Bonchev–Trinajstić information content (AvgIpc) is 3.02. The van der Waals surface area contributed by atoms with Crippen LogP contribution in [-0.4, -0.2) is 33.1 Å². The molecule has 0 radical (unpaired) electrons. The Kier molecular flexibility index (Phi) is 4.49. The molecule has 5 nitrogen and oxygen atoms in total. The van der Waals surface area contributed by atoms with Crippen molar-refractivity contribution in [2.75, 3.05) is 6.54 Å². The average molecular weight is 291 g/mol. The van der Waals surface area contributed by atoms with E-state index >= 15 is 0 Å². The fourth-order valence-electron chi connectivity index (χ4n) is 2.66. The zero-order valence-corrected chi connectivity index (χ0v) is 13.4. The van der Waals surface area contributed by atoms with Gasteiger partial charge in [-0.05, 0) is 19.8 Å². The van der Waals surface area contributed by atoms with Crippen LogP contribution >= 0.6 is 0 Å². The molecule has 1 aromatic rings. The van der Waals surface area contributed by atoms with Crippen molar-refractivity contribution in [1.82, 2.24) is 14.9 Å². The molecule has 1 unspecified atom stereocenters. The van der Waals surface area contributed by atoms with Crippen molar-refractivity contribution in [2.24, 2.45) is 0 Å². The first-order valence-electron chi connectivity index (χ1n) is 7.63. The molecule has 0 bridgehead atoms. The summed E-state index contributed by atoms with van der Waals surface area (Å²) in [5, 5.41) is 0. The smallest absolute Gasteiger partial charge is 0.223 e. The number of nitrogens with zero attached hydrogens (tertiary/aromatic N) is 2. The Morgan fingerprint density at radius 1 is 1.38 bits per heavy atom. The van der Waals surface area contributed by atoms with E-state index in [9.17, 15) is 9.59 Å². The van der Waals surface area contributed by atoms with Crippen LogP contribution in [0, 0.1) is 0 Å². The van der Waals surface area contributed by atoms with E-state index in [4.69, 9.17) is 0 Å². The number of aromatic amines is 1. The minimum Gasteiger partial charge on any atom is -0.344 e. The summed E-state index contributed by atoms with van der Waals surface area (Å²) in [6.07, 6.45) is 4.42. The summed E-state index contributed by atoms with van der Waals surface area (Å²) >= 11 is 0. The number of hydrogen-bond acceptors (Lipinski definition) is 3. The SMILES string of the molecule is CC(=O)CCC(=O)N1CCCC1c1ncc(C(C)(C)C)[nH]1. The summed E-state index contributed by atoms with van der Waals surface area (Å²) in [6, 6.07) is 0.0283. The van der Waals surface area contributed by atoms with Gasteiger partial charge in [-0.15, -0.1) is 0 Å². The molecule has 1 aliphatic rings. The van der Waals surface area contributed by atoms with Gasteiger partial charge in [0.05, 0.1) is 6.04 Å². The number of imidazole rings is 1. The Bertz CT molecular complexity index is 528. The van der Waals surface area contributed by atoms with Crippen molar-refractivity contribution in [2.45, 2.75) is 64.8 Å². The number of carbonyl (C=O) groups is 2. The number of rotatable bonds is 4. The first kappa shape index (κ1) is 15.7. The number of Topliss-reactive ketones (excluding diaryl/α,β-unsaturated/α-hetero) is 1.